The first-order chi connectivity index (χ1) is 11.3. The van der Waals surface area contributed by atoms with Crippen LogP contribution in [0, 0.1) is 13.8 Å². The van der Waals surface area contributed by atoms with Crippen LogP contribution < -0.4 is 0 Å². The number of hydrogen-bond acceptors (Lipinski definition) is 3. The molecule has 0 spiro atoms. The summed E-state index contributed by atoms with van der Waals surface area (Å²) in [6.45, 7) is 3.68. The first kappa shape index (κ1) is 16.4. The Kier molecular flexibility index (Phi) is 4.04. The molecule has 1 aromatic carbocycles. The van der Waals surface area contributed by atoms with E-state index >= 15 is 0 Å². The van der Waals surface area contributed by atoms with Gasteiger partial charge in [0.05, 0.1) is 22.0 Å². The van der Waals surface area contributed by atoms with Crippen LogP contribution in [0.1, 0.15) is 16.8 Å². The van der Waals surface area contributed by atoms with Gasteiger partial charge < -0.3 is 0 Å². The van der Waals surface area contributed by atoms with Crippen molar-refractivity contribution in [2.24, 2.45) is 10.2 Å². The number of benzene rings is 1. The summed E-state index contributed by atoms with van der Waals surface area (Å²) in [5.41, 5.74) is 1.46. The molecule has 0 saturated carbocycles. The van der Waals surface area contributed by atoms with Crippen LogP contribution in [0.2, 0.25) is 5.02 Å². The second kappa shape index (κ2) is 5.90. The van der Waals surface area contributed by atoms with Crippen molar-refractivity contribution >= 4 is 28.8 Å². The maximum Gasteiger partial charge on any atom is 0.417 e. The van der Waals surface area contributed by atoms with E-state index in [1.807, 2.05) is 19.1 Å². The molecule has 8 heteroatoms. The third-order valence-corrected chi connectivity index (χ3v) is 3.83. The average Bonchev–Trinajstić information content (AvgIpc) is 2.83. The monoisotopic (exact) mass is 352 g/mol. The Bertz CT molecular complexity index is 944. The zero-order valence-electron chi connectivity index (χ0n) is 12.8. The van der Waals surface area contributed by atoms with E-state index in [1.54, 1.807) is 17.5 Å². The van der Waals surface area contributed by atoms with Gasteiger partial charge in [-0.3, -0.25) is 4.40 Å². The number of azo groups is 1. The molecule has 0 fully saturated rings. The first-order valence-electron chi connectivity index (χ1n) is 7.00. The number of aryl methyl sites for hydroxylation is 2. The van der Waals surface area contributed by atoms with Gasteiger partial charge in [0.1, 0.15) is 5.65 Å². The third-order valence-electron chi connectivity index (χ3n) is 3.50. The minimum atomic E-state index is -4.54. The molecule has 0 amide bonds. The van der Waals surface area contributed by atoms with Crippen LogP contribution in [0.15, 0.2) is 46.8 Å². The molecule has 0 atom stereocenters. The van der Waals surface area contributed by atoms with Crippen LogP contribution in [-0.2, 0) is 6.18 Å². The lowest BCUT2D eigenvalue weighted by Crippen LogP contribution is -2.05. The SMILES string of the molecule is Cc1nc2c(C)cccn2c1N=Nc1ccc(Cl)c(C(F)(F)F)c1. The smallest absolute Gasteiger partial charge is 0.283 e. The van der Waals surface area contributed by atoms with E-state index < -0.39 is 11.7 Å². The van der Waals surface area contributed by atoms with Crippen LogP contribution >= 0.6 is 11.6 Å². The molecule has 2 heterocycles. The number of rotatable bonds is 2. The topological polar surface area (TPSA) is 42.0 Å². The van der Waals surface area contributed by atoms with Gasteiger partial charge in [0.2, 0.25) is 0 Å². The highest BCUT2D eigenvalue weighted by atomic mass is 35.5. The molecule has 0 unspecified atom stereocenters. The minimum absolute atomic E-state index is 0.0636. The Morgan fingerprint density at radius 1 is 1.12 bits per heavy atom. The van der Waals surface area contributed by atoms with Crippen LogP contribution in [0.3, 0.4) is 0 Å². The molecule has 0 aliphatic carbocycles. The molecule has 0 N–H and O–H groups in total. The van der Waals surface area contributed by atoms with E-state index in [1.165, 1.54) is 6.07 Å². The molecular formula is C16H12ClF3N4. The van der Waals surface area contributed by atoms with Gasteiger partial charge in [-0.1, -0.05) is 17.7 Å². The summed E-state index contributed by atoms with van der Waals surface area (Å²) in [5, 5.41) is 7.61. The second-order valence-corrected chi connectivity index (χ2v) is 5.67. The van der Waals surface area contributed by atoms with Gasteiger partial charge in [-0.05, 0) is 43.7 Å². The zero-order chi connectivity index (χ0) is 17.5. The normalized spacial score (nSPS) is 12.4. The molecule has 0 bridgehead atoms. The highest BCUT2D eigenvalue weighted by Gasteiger charge is 2.33. The van der Waals surface area contributed by atoms with E-state index in [0.29, 0.717) is 11.5 Å². The maximum absolute atomic E-state index is 12.9. The molecular weight excluding hydrogens is 341 g/mol. The van der Waals surface area contributed by atoms with Crippen LogP contribution in [0.25, 0.3) is 5.65 Å². The number of fused-ring (bicyclic) bond motifs is 1. The van der Waals surface area contributed by atoms with Crippen molar-refractivity contribution in [3.05, 3.63) is 58.4 Å². The fourth-order valence-corrected chi connectivity index (χ4v) is 2.55. The number of pyridine rings is 1. The quantitative estimate of drug-likeness (QED) is 0.518. The Morgan fingerprint density at radius 3 is 2.58 bits per heavy atom. The summed E-state index contributed by atoms with van der Waals surface area (Å²) < 4.78 is 40.4. The number of halogens is 4. The molecule has 0 radical (unpaired) electrons. The standard InChI is InChI=1S/C16H12ClF3N4/c1-9-4-3-7-24-14(9)21-10(2)15(24)23-22-11-5-6-13(17)12(8-11)16(18,19)20/h3-8H,1-2H3. The lowest BCUT2D eigenvalue weighted by Gasteiger charge is -2.08. The highest BCUT2D eigenvalue weighted by molar-refractivity contribution is 6.31. The predicted octanol–water partition coefficient (Wildman–Crippen LogP) is 6.04. The summed E-state index contributed by atoms with van der Waals surface area (Å²) in [5.74, 6) is 0.470. The van der Waals surface area contributed by atoms with Crippen molar-refractivity contribution in [3.8, 4) is 0 Å². The molecule has 24 heavy (non-hydrogen) atoms. The van der Waals surface area contributed by atoms with Crippen molar-refractivity contribution in [2.75, 3.05) is 0 Å². The molecule has 0 saturated heterocycles. The minimum Gasteiger partial charge on any atom is -0.283 e. The van der Waals surface area contributed by atoms with Crippen LogP contribution in [-0.4, -0.2) is 9.38 Å². The molecule has 4 nitrogen and oxygen atoms in total. The number of hydrogen-bond donors (Lipinski definition) is 0. The van der Waals surface area contributed by atoms with Gasteiger partial charge in [0, 0.05) is 6.20 Å². The number of alkyl halides is 3. The van der Waals surface area contributed by atoms with E-state index in [4.69, 9.17) is 11.6 Å². The van der Waals surface area contributed by atoms with Gasteiger partial charge >= 0.3 is 6.18 Å². The first-order valence-corrected chi connectivity index (χ1v) is 7.38. The maximum atomic E-state index is 12.9. The molecule has 2 aromatic heterocycles. The van der Waals surface area contributed by atoms with E-state index in [9.17, 15) is 13.2 Å². The number of imidazole rings is 1. The third kappa shape index (κ3) is 2.99. The van der Waals surface area contributed by atoms with E-state index in [0.717, 1.165) is 23.3 Å². The lowest BCUT2D eigenvalue weighted by atomic mass is 10.2. The predicted molar refractivity (Wildman–Crippen MR) is 85.3 cm³/mol. The van der Waals surface area contributed by atoms with Gasteiger partial charge in [0.25, 0.3) is 0 Å². The van der Waals surface area contributed by atoms with Gasteiger partial charge in [-0.2, -0.15) is 13.2 Å². The molecule has 3 rings (SSSR count). The fraction of sp³-hybridized carbons (Fsp3) is 0.188. The summed E-state index contributed by atoms with van der Waals surface area (Å²) in [6, 6.07) is 7.16. The molecule has 0 aliphatic heterocycles. The Labute approximate surface area is 140 Å². The molecule has 3 aromatic rings. The summed E-state index contributed by atoms with van der Waals surface area (Å²) in [6.07, 6.45) is -2.77. The largest absolute Gasteiger partial charge is 0.417 e. The van der Waals surface area contributed by atoms with Crippen molar-refractivity contribution in [2.45, 2.75) is 20.0 Å². The average molecular weight is 353 g/mol. The van der Waals surface area contributed by atoms with Crippen molar-refractivity contribution < 1.29 is 13.2 Å². The fourth-order valence-electron chi connectivity index (χ4n) is 2.32. The molecule has 0 aliphatic rings. The highest BCUT2D eigenvalue weighted by Crippen LogP contribution is 2.37. The molecule has 124 valence electrons. The van der Waals surface area contributed by atoms with Crippen molar-refractivity contribution in [3.63, 3.8) is 0 Å². The van der Waals surface area contributed by atoms with Crippen molar-refractivity contribution in [1.29, 1.82) is 0 Å². The Hall–Kier alpha value is -2.41. The summed E-state index contributed by atoms with van der Waals surface area (Å²) >= 11 is 5.59. The van der Waals surface area contributed by atoms with Crippen LogP contribution in [0.4, 0.5) is 24.7 Å². The van der Waals surface area contributed by atoms with Gasteiger partial charge in [-0.15, -0.1) is 10.2 Å². The van der Waals surface area contributed by atoms with Crippen LogP contribution in [0.5, 0.6) is 0 Å². The second-order valence-electron chi connectivity index (χ2n) is 5.27. The van der Waals surface area contributed by atoms with Crippen molar-refractivity contribution in [1.82, 2.24) is 9.38 Å². The van der Waals surface area contributed by atoms with Gasteiger partial charge in [0.15, 0.2) is 5.82 Å². The lowest BCUT2D eigenvalue weighted by molar-refractivity contribution is -0.137. The van der Waals surface area contributed by atoms with Gasteiger partial charge in [-0.25, -0.2) is 4.98 Å². The van der Waals surface area contributed by atoms with E-state index in [2.05, 4.69) is 15.2 Å². The van der Waals surface area contributed by atoms with E-state index in [-0.39, 0.29) is 10.7 Å². The Balaban J connectivity index is 2.04. The number of nitrogens with zero attached hydrogens (tertiary/aromatic N) is 4. The summed E-state index contributed by atoms with van der Waals surface area (Å²) in [4.78, 5) is 4.40. The Morgan fingerprint density at radius 2 is 1.88 bits per heavy atom. The summed E-state index contributed by atoms with van der Waals surface area (Å²) in [7, 11) is 0. The zero-order valence-corrected chi connectivity index (χ0v) is 13.5. The number of aromatic nitrogens is 2.